The van der Waals surface area contributed by atoms with Crippen LogP contribution in [0.1, 0.15) is 15.4 Å². The third kappa shape index (κ3) is 1.97. The number of ketones is 1. The van der Waals surface area contributed by atoms with Crippen molar-refractivity contribution in [3.05, 3.63) is 46.4 Å². The standard InChI is InChI=1S/C11H8N2OS/c12-7-9-3-1-5-13(9)8-10(14)11-4-2-6-15-11/h1-6H,8H2. The van der Waals surface area contributed by atoms with Crippen molar-refractivity contribution in [1.29, 1.82) is 5.26 Å². The van der Waals surface area contributed by atoms with E-state index in [1.54, 1.807) is 29.0 Å². The van der Waals surface area contributed by atoms with Gasteiger partial charge in [-0.1, -0.05) is 6.07 Å². The highest BCUT2D eigenvalue weighted by Gasteiger charge is 2.09. The predicted molar refractivity (Wildman–Crippen MR) is 57.8 cm³/mol. The summed E-state index contributed by atoms with van der Waals surface area (Å²) in [5.41, 5.74) is 0.514. The molecule has 0 unspecified atom stereocenters. The quantitative estimate of drug-likeness (QED) is 0.739. The molecule has 0 bridgehead atoms. The molecule has 0 amide bonds. The van der Waals surface area contributed by atoms with Crippen LogP contribution in [0.15, 0.2) is 35.8 Å². The second-order valence-corrected chi connectivity index (χ2v) is 3.98. The molecule has 0 radical (unpaired) electrons. The van der Waals surface area contributed by atoms with Crippen LogP contribution in [0, 0.1) is 11.3 Å². The molecular weight excluding hydrogens is 208 g/mol. The number of nitriles is 1. The number of Topliss-reactive ketones (excluding diaryl/α,β-unsaturated/α-hetero) is 1. The first-order valence-electron chi connectivity index (χ1n) is 4.43. The van der Waals surface area contributed by atoms with E-state index in [0.717, 1.165) is 4.88 Å². The Morgan fingerprint density at radius 1 is 1.47 bits per heavy atom. The van der Waals surface area contributed by atoms with Gasteiger partial charge in [-0.25, -0.2) is 0 Å². The average Bonchev–Trinajstić information content (AvgIpc) is 2.87. The molecule has 0 aliphatic carbocycles. The Morgan fingerprint density at radius 2 is 2.33 bits per heavy atom. The minimum atomic E-state index is 0.0395. The summed E-state index contributed by atoms with van der Waals surface area (Å²) in [5, 5.41) is 10.6. The van der Waals surface area contributed by atoms with Crippen molar-refractivity contribution in [3.8, 4) is 6.07 Å². The Bertz CT molecular complexity index is 505. The lowest BCUT2D eigenvalue weighted by Gasteiger charge is -2.01. The molecule has 15 heavy (non-hydrogen) atoms. The number of aromatic nitrogens is 1. The molecule has 0 aromatic carbocycles. The van der Waals surface area contributed by atoms with E-state index in [9.17, 15) is 4.79 Å². The Kier molecular flexibility index (Phi) is 2.66. The van der Waals surface area contributed by atoms with E-state index in [-0.39, 0.29) is 12.3 Å². The maximum absolute atomic E-state index is 11.7. The molecule has 0 spiro atoms. The van der Waals surface area contributed by atoms with E-state index >= 15 is 0 Å². The van der Waals surface area contributed by atoms with Gasteiger partial charge in [0.2, 0.25) is 0 Å². The van der Waals surface area contributed by atoms with Gasteiger partial charge in [-0.15, -0.1) is 11.3 Å². The molecule has 2 aromatic heterocycles. The SMILES string of the molecule is N#Cc1cccn1CC(=O)c1cccs1. The average molecular weight is 216 g/mol. The zero-order valence-corrected chi connectivity index (χ0v) is 8.70. The van der Waals surface area contributed by atoms with Gasteiger partial charge in [0.05, 0.1) is 11.4 Å². The van der Waals surface area contributed by atoms with Gasteiger partial charge < -0.3 is 4.57 Å². The van der Waals surface area contributed by atoms with Crippen LogP contribution in [0.25, 0.3) is 0 Å². The van der Waals surface area contributed by atoms with Crippen molar-refractivity contribution in [3.63, 3.8) is 0 Å². The van der Waals surface area contributed by atoms with E-state index in [1.807, 2.05) is 17.5 Å². The molecule has 0 saturated heterocycles. The molecule has 74 valence electrons. The molecule has 0 aliphatic rings. The smallest absolute Gasteiger partial charge is 0.192 e. The molecule has 0 aliphatic heterocycles. The minimum Gasteiger partial charge on any atom is -0.332 e. The van der Waals surface area contributed by atoms with Crippen LogP contribution in [0.2, 0.25) is 0 Å². The molecule has 3 nitrogen and oxygen atoms in total. The number of rotatable bonds is 3. The molecular formula is C11H8N2OS. The summed E-state index contributed by atoms with van der Waals surface area (Å²) < 4.78 is 1.65. The fourth-order valence-corrected chi connectivity index (χ4v) is 1.98. The van der Waals surface area contributed by atoms with Gasteiger partial charge in [0.25, 0.3) is 0 Å². The van der Waals surface area contributed by atoms with Crippen LogP contribution >= 0.6 is 11.3 Å². The van der Waals surface area contributed by atoms with Crippen LogP contribution in [-0.2, 0) is 6.54 Å². The predicted octanol–water partition coefficient (Wildman–Crippen LogP) is 2.30. The molecule has 0 saturated carbocycles. The molecule has 0 N–H and O–H groups in total. The first-order chi connectivity index (χ1) is 7.31. The van der Waals surface area contributed by atoms with Crippen molar-refractivity contribution in [2.45, 2.75) is 6.54 Å². The lowest BCUT2D eigenvalue weighted by atomic mass is 10.3. The molecule has 4 heteroatoms. The second kappa shape index (κ2) is 4.11. The van der Waals surface area contributed by atoms with E-state index < -0.39 is 0 Å². The van der Waals surface area contributed by atoms with Crippen LogP contribution in [-0.4, -0.2) is 10.4 Å². The van der Waals surface area contributed by atoms with Crippen molar-refractivity contribution in [1.82, 2.24) is 4.57 Å². The molecule has 2 aromatic rings. The second-order valence-electron chi connectivity index (χ2n) is 3.03. The number of hydrogen-bond acceptors (Lipinski definition) is 3. The van der Waals surface area contributed by atoms with E-state index in [4.69, 9.17) is 5.26 Å². The van der Waals surface area contributed by atoms with Gasteiger partial charge in [-0.05, 0) is 23.6 Å². The zero-order chi connectivity index (χ0) is 10.7. The van der Waals surface area contributed by atoms with Gasteiger partial charge in [0, 0.05) is 6.20 Å². The number of carbonyl (C=O) groups is 1. The normalized spacial score (nSPS) is 9.80. The monoisotopic (exact) mass is 216 g/mol. The zero-order valence-electron chi connectivity index (χ0n) is 7.88. The van der Waals surface area contributed by atoms with Gasteiger partial charge in [0.15, 0.2) is 5.78 Å². The van der Waals surface area contributed by atoms with Crippen molar-refractivity contribution in [2.75, 3.05) is 0 Å². The van der Waals surface area contributed by atoms with Gasteiger partial charge in [-0.2, -0.15) is 5.26 Å². The lowest BCUT2D eigenvalue weighted by molar-refractivity contribution is 0.0976. The summed E-state index contributed by atoms with van der Waals surface area (Å²) in [6, 6.07) is 9.14. The van der Waals surface area contributed by atoms with Crippen LogP contribution < -0.4 is 0 Å². The number of hydrogen-bond donors (Lipinski definition) is 0. The largest absolute Gasteiger partial charge is 0.332 e. The van der Waals surface area contributed by atoms with E-state index in [1.165, 1.54) is 11.3 Å². The summed E-state index contributed by atoms with van der Waals surface area (Å²) >= 11 is 1.42. The van der Waals surface area contributed by atoms with Gasteiger partial charge >= 0.3 is 0 Å². The summed E-state index contributed by atoms with van der Waals surface area (Å²) in [5.74, 6) is 0.0395. The Balaban J connectivity index is 2.17. The first kappa shape index (κ1) is 9.69. The molecule has 0 fully saturated rings. The highest BCUT2D eigenvalue weighted by Crippen LogP contribution is 2.11. The molecule has 2 rings (SSSR count). The number of thiophene rings is 1. The van der Waals surface area contributed by atoms with Crippen molar-refractivity contribution < 1.29 is 4.79 Å². The van der Waals surface area contributed by atoms with Gasteiger partial charge in [0.1, 0.15) is 11.8 Å². The fourth-order valence-electron chi connectivity index (χ4n) is 1.32. The highest BCUT2D eigenvalue weighted by atomic mass is 32.1. The summed E-state index contributed by atoms with van der Waals surface area (Å²) in [6.07, 6.45) is 1.74. The molecule has 0 atom stereocenters. The summed E-state index contributed by atoms with van der Waals surface area (Å²) in [4.78, 5) is 12.5. The van der Waals surface area contributed by atoms with E-state index in [2.05, 4.69) is 0 Å². The third-order valence-electron chi connectivity index (χ3n) is 2.05. The van der Waals surface area contributed by atoms with E-state index in [0.29, 0.717) is 5.69 Å². The number of nitrogens with zero attached hydrogens (tertiary/aromatic N) is 2. The Hall–Kier alpha value is -1.86. The van der Waals surface area contributed by atoms with Crippen LogP contribution in [0.3, 0.4) is 0 Å². The van der Waals surface area contributed by atoms with Crippen molar-refractivity contribution in [2.24, 2.45) is 0 Å². The Morgan fingerprint density at radius 3 is 3.00 bits per heavy atom. The van der Waals surface area contributed by atoms with Crippen LogP contribution in [0.5, 0.6) is 0 Å². The Labute approximate surface area is 91.2 Å². The maximum atomic E-state index is 11.7. The number of carbonyl (C=O) groups excluding carboxylic acids is 1. The van der Waals surface area contributed by atoms with Crippen molar-refractivity contribution >= 4 is 17.1 Å². The van der Waals surface area contributed by atoms with Crippen LogP contribution in [0.4, 0.5) is 0 Å². The summed E-state index contributed by atoms with van der Waals surface area (Å²) in [7, 11) is 0. The highest BCUT2D eigenvalue weighted by molar-refractivity contribution is 7.12. The molecule has 2 heterocycles. The summed E-state index contributed by atoms with van der Waals surface area (Å²) in [6.45, 7) is 0.233. The first-order valence-corrected chi connectivity index (χ1v) is 5.31. The fraction of sp³-hybridized carbons (Fsp3) is 0.0909. The topological polar surface area (TPSA) is 45.8 Å². The maximum Gasteiger partial charge on any atom is 0.192 e. The minimum absolute atomic E-state index is 0.0395. The lowest BCUT2D eigenvalue weighted by Crippen LogP contribution is -2.09. The van der Waals surface area contributed by atoms with Gasteiger partial charge in [-0.3, -0.25) is 4.79 Å². The third-order valence-corrected chi connectivity index (χ3v) is 2.96.